The first-order valence-electron chi connectivity index (χ1n) is 7.52. The van der Waals surface area contributed by atoms with Gasteiger partial charge < -0.3 is 5.32 Å². The highest BCUT2D eigenvalue weighted by molar-refractivity contribution is 7.89. The third kappa shape index (κ3) is 3.05. The Morgan fingerprint density at radius 1 is 1.17 bits per heavy atom. The molecular formula is C17H17ClN2O3S. The highest BCUT2D eigenvalue weighted by Gasteiger charge is 2.40. The lowest BCUT2D eigenvalue weighted by atomic mass is 10.0. The summed E-state index contributed by atoms with van der Waals surface area (Å²) in [4.78, 5) is 12.4. The van der Waals surface area contributed by atoms with Gasteiger partial charge in [-0.3, -0.25) is 4.79 Å². The molecule has 7 heteroatoms. The quantitative estimate of drug-likeness (QED) is 0.910. The molecule has 1 heterocycles. The smallest absolute Gasteiger partial charge is 0.245 e. The third-order valence-corrected chi connectivity index (χ3v) is 6.31. The van der Waals surface area contributed by atoms with Crippen LogP contribution in [0.25, 0.3) is 0 Å². The van der Waals surface area contributed by atoms with E-state index in [-0.39, 0.29) is 28.9 Å². The van der Waals surface area contributed by atoms with Crippen molar-refractivity contribution in [1.82, 2.24) is 9.62 Å². The lowest BCUT2D eigenvalue weighted by Gasteiger charge is -2.34. The van der Waals surface area contributed by atoms with Gasteiger partial charge in [0, 0.05) is 13.1 Å². The second-order valence-electron chi connectivity index (χ2n) is 5.65. The molecule has 3 rings (SSSR count). The number of piperazine rings is 1. The van der Waals surface area contributed by atoms with Gasteiger partial charge in [0.15, 0.2) is 0 Å². The number of nitrogens with one attached hydrogen (secondary N) is 1. The number of rotatable bonds is 3. The first-order valence-corrected chi connectivity index (χ1v) is 9.34. The number of carbonyl (C=O) groups excluding carboxylic acids is 1. The third-order valence-electron chi connectivity index (χ3n) is 3.95. The minimum atomic E-state index is -3.90. The molecule has 0 saturated carbocycles. The Balaban J connectivity index is 2.10. The van der Waals surface area contributed by atoms with E-state index in [4.69, 9.17) is 11.6 Å². The summed E-state index contributed by atoms with van der Waals surface area (Å²) in [5.41, 5.74) is 1.60. The SMILES string of the molecule is Cc1cccc(C2C(=O)NCCN2S(=O)(=O)c2ccccc2Cl)c1. The van der Waals surface area contributed by atoms with E-state index < -0.39 is 16.1 Å². The summed E-state index contributed by atoms with van der Waals surface area (Å²) in [6.45, 7) is 2.36. The van der Waals surface area contributed by atoms with Gasteiger partial charge in [0.05, 0.1) is 5.02 Å². The molecule has 1 N–H and O–H groups in total. The minimum Gasteiger partial charge on any atom is -0.353 e. The molecule has 126 valence electrons. The fourth-order valence-electron chi connectivity index (χ4n) is 2.84. The van der Waals surface area contributed by atoms with Crippen LogP contribution in [0.2, 0.25) is 5.02 Å². The summed E-state index contributed by atoms with van der Waals surface area (Å²) in [6.07, 6.45) is 0. The van der Waals surface area contributed by atoms with Crippen LogP contribution in [0.15, 0.2) is 53.4 Å². The van der Waals surface area contributed by atoms with E-state index in [0.29, 0.717) is 5.56 Å². The van der Waals surface area contributed by atoms with Crippen LogP contribution in [0.1, 0.15) is 17.2 Å². The Morgan fingerprint density at radius 2 is 1.92 bits per heavy atom. The monoisotopic (exact) mass is 364 g/mol. The van der Waals surface area contributed by atoms with Crippen molar-refractivity contribution in [1.29, 1.82) is 0 Å². The van der Waals surface area contributed by atoms with Crippen LogP contribution in [0.3, 0.4) is 0 Å². The fourth-order valence-corrected chi connectivity index (χ4v) is 4.92. The van der Waals surface area contributed by atoms with Crippen molar-refractivity contribution >= 4 is 27.5 Å². The van der Waals surface area contributed by atoms with Crippen LogP contribution < -0.4 is 5.32 Å². The van der Waals surface area contributed by atoms with Crippen LogP contribution in [-0.4, -0.2) is 31.7 Å². The van der Waals surface area contributed by atoms with Crippen LogP contribution in [0.4, 0.5) is 0 Å². The van der Waals surface area contributed by atoms with Gasteiger partial charge in [-0.1, -0.05) is 53.6 Å². The lowest BCUT2D eigenvalue weighted by Crippen LogP contribution is -2.52. The lowest BCUT2D eigenvalue weighted by molar-refractivity contribution is -0.126. The molecule has 0 aromatic heterocycles. The van der Waals surface area contributed by atoms with E-state index in [2.05, 4.69) is 5.32 Å². The van der Waals surface area contributed by atoms with Crippen LogP contribution >= 0.6 is 11.6 Å². The topological polar surface area (TPSA) is 66.5 Å². The van der Waals surface area contributed by atoms with Gasteiger partial charge in [0.25, 0.3) is 0 Å². The molecular weight excluding hydrogens is 348 g/mol. The molecule has 0 spiro atoms. The summed E-state index contributed by atoms with van der Waals surface area (Å²) in [5.74, 6) is -0.331. The highest BCUT2D eigenvalue weighted by Crippen LogP contribution is 2.32. The van der Waals surface area contributed by atoms with Crippen molar-refractivity contribution in [3.63, 3.8) is 0 Å². The molecule has 1 unspecified atom stereocenters. The van der Waals surface area contributed by atoms with Gasteiger partial charge in [-0.25, -0.2) is 8.42 Å². The fraction of sp³-hybridized carbons (Fsp3) is 0.235. The number of aryl methyl sites for hydroxylation is 1. The molecule has 1 amide bonds. The minimum absolute atomic E-state index is 0.0130. The normalized spacial score (nSPS) is 19.1. The number of hydrogen-bond donors (Lipinski definition) is 1. The second kappa shape index (κ2) is 6.55. The van der Waals surface area contributed by atoms with Gasteiger partial charge in [0.1, 0.15) is 10.9 Å². The highest BCUT2D eigenvalue weighted by atomic mass is 35.5. The number of nitrogens with zero attached hydrogens (tertiary/aromatic N) is 1. The predicted octanol–water partition coefficient (Wildman–Crippen LogP) is 2.51. The molecule has 1 fully saturated rings. The Bertz CT molecular complexity index is 883. The molecule has 0 bridgehead atoms. The van der Waals surface area contributed by atoms with E-state index in [1.165, 1.54) is 16.4 Å². The van der Waals surface area contributed by atoms with Crippen LogP contribution in [0.5, 0.6) is 0 Å². The zero-order chi connectivity index (χ0) is 17.3. The summed E-state index contributed by atoms with van der Waals surface area (Å²) in [6, 6.07) is 12.7. The molecule has 2 aromatic rings. The molecule has 1 atom stereocenters. The average molecular weight is 365 g/mol. The Morgan fingerprint density at radius 3 is 2.62 bits per heavy atom. The summed E-state index contributed by atoms with van der Waals surface area (Å²) >= 11 is 6.08. The second-order valence-corrected chi connectivity index (χ2v) is 7.92. The van der Waals surface area contributed by atoms with Crippen molar-refractivity contribution in [3.05, 3.63) is 64.7 Å². The zero-order valence-corrected chi connectivity index (χ0v) is 14.6. The number of halogens is 1. The van der Waals surface area contributed by atoms with Crippen molar-refractivity contribution in [2.75, 3.05) is 13.1 Å². The average Bonchev–Trinajstić information content (AvgIpc) is 2.54. The first-order chi connectivity index (χ1) is 11.4. The largest absolute Gasteiger partial charge is 0.353 e. The van der Waals surface area contributed by atoms with E-state index in [1.807, 2.05) is 25.1 Å². The Hall–Kier alpha value is -1.89. The molecule has 24 heavy (non-hydrogen) atoms. The summed E-state index contributed by atoms with van der Waals surface area (Å²) < 4.78 is 27.4. The molecule has 0 radical (unpaired) electrons. The van der Waals surface area contributed by atoms with E-state index in [9.17, 15) is 13.2 Å². The van der Waals surface area contributed by atoms with Crippen molar-refractivity contribution in [2.45, 2.75) is 17.9 Å². The van der Waals surface area contributed by atoms with Gasteiger partial charge in [-0.15, -0.1) is 0 Å². The van der Waals surface area contributed by atoms with Crippen molar-refractivity contribution < 1.29 is 13.2 Å². The first kappa shape index (κ1) is 17.0. The van der Waals surface area contributed by atoms with Gasteiger partial charge >= 0.3 is 0 Å². The predicted molar refractivity (Wildman–Crippen MR) is 92.3 cm³/mol. The maximum atomic E-state index is 13.1. The number of benzene rings is 2. The number of amides is 1. The summed E-state index contributed by atoms with van der Waals surface area (Å²) in [5, 5.41) is 2.89. The maximum absolute atomic E-state index is 13.1. The number of sulfonamides is 1. The molecule has 0 aliphatic carbocycles. The van der Waals surface area contributed by atoms with E-state index in [0.717, 1.165) is 5.56 Å². The van der Waals surface area contributed by atoms with E-state index >= 15 is 0 Å². The molecule has 1 saturated heterocycles. The number of hydrogen-bond acceptors (Lipinski definition) is 3. The van der Waals surface area contributed by atoms with E-state index in [1.54, 1.807) is 18.2 Å². The van der Waals surface area contributed by atoms with Gasteiger partial charge in [-0.05, 0) is 24.6 Å². The van der Waals surface area contributed by atoms with Crippen LogP contribution in [0, 0.1) is 6.92 Å². The van der Waals surface area contributed by atoms with Crippen LogP contribution in [-0.2, 0) is 14.8 Å². The zero-order valence-electron chi connectivity index (χ0n) is 13.1. The molecule has 2 aromatic carbocycles. The summed E-state index contributed by atoms with van der Waals surface area (Å²) in [7, 11) is -3.90. The van der Waals surface area contributed by atoms with Gasteiger partial charge in [0.2, 0.25) is 15.9 Å². The number of carbonyl (C=O) groups is 1. The van der Waals surface area contributed by atoms with Gasteiger partial charge in [-0.2, -0.15) is 4.31 Å². The molecule has 1 aliphatic heterocycles. The Kier molecular flexibility index (Phi) is 4.62. The van der Waals surface area contributed by atoms with Crippen molar-refractivity contribution in [3.8, 4) is 0 Å². The Labute approximate surface area is 146 Å². The van der Waals surface area contributed by atoms with Crippen molar-refractivity contribution in [2.24, 2.45) is 0 Å². The standard InChI is InChI=1S/C17H17ClN2O3S/c1-12-5-4-6-13(11-12)16-17(21)19-9-10-20(16)24(22,23)15-8-3-2-7-14(15)18/h2-8,11,16H,9-10H2,1H3,(H,19,21). The molecule has 5 nitrogen and oxygen atoms in total. The molecule has 1 aliphatic rings. The maximum Gasteiger partial charge on any atom is 0.245 e.